The van der Waals surface area contributed by atoms with Crippen LogP contribution in [0.15, 0.2) is 16.9 Å². The Labute approximate surface area is 97.8 Å². The van der Waals surface area contributed by atoms with Crippen molar-refractivity contribution in [2.24, 2.45) is 0 Å². The quantitative estimate of drug-likeness (QED) is 0.779. The zero-order valence-corrected chi connectivity index (χ0v) is 9.80. The van der Waals surface area contributed by atoms with Gasteiger partial charge in [0.15, 0.2) is 5.65 Å². The Morgan fingerprint density at radius 3 is 3.18 bits per heavy atom. The van der Waals surface area contributed by atoms with Crippen LogP contribution in [0, 0.1) is 0 Å². The normalized spacial score (nSPS) is 12.8. The van der Waals surface area contributed by atoms with Gasteiger partial charge in [-0.25, -0.2) is 9.89 Å². The van der Waals surface area contributed by atoms with E-state index in [2.05, 4.69) is 20.6 Å². The molecule has 0 aliphatic heterocycles. The minimum absolute atomic E-state index is 0.0959. The van der Waals surface area contributed by atoms with Crippen LogP contribution in [0.1, 0.15) is 13.8 Å². The molecule has 2 heterocycles. The van der Waals surface area contributed by atoms with Crippen molar-refractivity contribution in [2.75, 3.05) is 18.5 Å². The molecule has 0 aromatic carbocycles. The third kappa shape index (κ3) is 2.62. The molecule has 0 fully saturated rings. The van der Waals surface area contributed by atoms with Crippen molar-refractivity contribution in [1.82, 2.24) is 19.8 Å². The maximum atomic E-state index is 11.3. The van der Waals surface area contributed by atoms with Gasteiger partial charge in [0.25, 0.3) is 0 Å². The van der Waals surface area contributed by atoms with Crippen LogP contribution in [0.2, 0.25) is 0 Å². The van der Waals surface area contributed by atoms with Gasteiger partial charge in [-0.1, -0.05) is 0 Å². The van der Waals surface area contributed by atoms with Crippen molar-refractivity contribution in [3.05, 3.63) is 22.6 Å². The number of nitrogens with one attached hydrogen (secondary N) is 2. The summed E-state index contributed by atoms with van der Waals surface area (Å²) >= 11 is 0. The van der Waals surface area contributed by atoms with Gasteiger partial charge in [-0.2, -0.15) is 9.61 Å². The molecule has 0 amide bonds. The van der Waals surface area contributed by atoms with Gasteiger partial charge >= 0.3 is 5.69 Å². The number of nitrogens with zero attached hydrogens (tertiary/aromatic N) is 3. The Kier molecular flexibility index (Phi) is 3.38. The number of aromatic nitrogens is 4. The summed E-state index contributed by atoms with van der Waals surface area (Å²) in [6, 6.07) is 3.49. The first kappa shape index (κ1) is 11.6. The number of ether oxygens (including phenoxy) is 1. The fourth-order valence-corrected chi connectivity index (χ4v) is 1.49. The fraction of sp³-hybridized carbons (Fsp3) is 0.500. The molecule has 17 heavy (non-hydrogen) atoms. The third-order valence-electron chi connectivity index (χ3n) is 2.30. The summed E-state index contributed by atoms with van der Waals surface area (Å²) in [6.07, 6.45) is 0.0959. The summed E-state index contributed by atoms with van der Waals surface area (Å²) in [4.78, 5) is 11.3. The van der Waals surface area contributed by atoms with E-state index in [1.54, 1.807) is 12.1 Å². The Balaban J connectivity index is 2.08. The molecular weight excluding hydrogens is 222 g/mol. The summed E-state index contributed by atoms with van der Waals surface area (Å²) in [5.74, 6) is 0.618. The molecule has 2 aromatic rings. The summed E-state index contributed by atoms with van der Waals surface area (Å²) in [5, 5.41) is 13.3. The summed E-state index contributed by atoms with van der Waals surface area (Å²) in [7, 11) is 0. The zero-order valence-electron chi connectivity index (χ0n) is 9.80. The van der Waals surface area contributed by atoms with Crippen molar-refractivity contribution in [3.63, 3.8) is 0 Å². The van der Waals surface area contributed by atoms with Gasteiger partial charge in [-0.15, -0.1) is 5.10 Å². The second-order valence-electron chi connectivity index (χ2n) is 3.66. The lowest BCUT2D eigenvalue weighted by atomic mass is 10.4. The lowest BCUT2D eigenvalue weighted by Gasteiger charge is -2.12. The van der Waals surface area contributed by atoms with Crippen molar-refractivity contribution in [1.29, 1.82) is 0 Å². The number of fused-ring (bicyclic) bond motifs is 1. The van der Waals surface area contributed by atoms with E-state index in [-0.39, 0.29) is 11.8 Å². The van der Waals surface area contributed by atoms with Crippen LogP contribution in [0.4, 0.5) is 5.82 Å². The van der Waals surface area contributed by atoms with E-state index in [1.165, 1.54) is 4.52 Å². The molecule has 0 saturated heterocycles. The Bertz CT molecular complexity index is 547. The molecule has 1 unspecified atom stereocenters. The van der Waals surface area contributed by atoms with Gasteiger partial charge < -0.3 is 10.1 Å². The molecule has 0 spiro atoms. The molecule has 0 radical (unpaired) electrons. The molecule has 0 saturated carbocycles. The maximum absolute atomic E-state index is 11.3. The van der Waals surface area contributed by atoms with Gasteiger partial charge in [-0.05, 0) is 26.0 Å². The number of aromatic amines is 1. The molecule has 7 nitrogen and oxygen atoms in total. The molecule has 2 aromatic heterocycles. The first-order valence-corrected chi connectivity index (χ1v) is 5.50. The smallest absolute Gasteiger partial charge is 0.364 e. The molecule has 0 aliphatic carbocycles. The zero-order chi connectivity index (χ0) is 12.3. The van der Waals surface area contributed by atoms with Crippen molar-refractivity contribution in [2.45, 2.75) is 20.0 Å². The van der Waals surface area contributed by atoms with Crippen LogP contribution >= 0.6 is 0 Å². The lowest BCUT2D eigenvalue weighted by molar-refractivity contribution is 0.0854. The van der Waals surface area contributed by atoms with Crippen LogP contribution in [-0.2, 0) is 4.74 Å². The molecular formula is C10H15N5O2. The van der Waals surface area contributed by atoms with E-state index in [0.717, 1.165) is 0 Å². The number of anilines is 1. The van der Waals surface area contributed by atoms with Gasteiger partial charge in [0, 0.05) is 13.2 Å². The molecule has 1 atom stereocenters. The predicted octanol–water partition coefficient (Wildman–Crippen LogP) is 0.254. The fourth-order valence-electron chi connectivity index (χ4n) is 1.49. The van der Waals surface area contributed by atoms with Crippen LogP contribution in [0.5, 0.6) is 0 Å². The number of H-pyrrole nitrogens is 1. The second-order valence-corrected chi connectivity index (χ2v) is 3.66. The van der Waals surface area contributed by atoms with Crippen LogP contribution in [-0.4, -0.2) is 39.1 Å². The Hall–Kier alpha value is -1.89. The van der Waals surface area contributed by atoms with Crippen LogP contribution in [0.3, 0.4) is 0 Å². The van der Waals surface area contributed by atoms with Gasteiger partial charge in [0.2, 0.25) is 0 Å². The molecule has 0 bridgehead atoms. The van der Waals surface area contributed by atoms with Gasteiger partial charge in [0.05, 0.1) is 6.10 Å². The third-order valence-corrected chi connectivity index (χ3v) is 2.30. The van der Waals surface area contributed by atoms with E-state index in [0.29, 0.717) is 24.6 Å². The highest BCUT2D eigenvalue weighted by molar-refractivity contribution is 5.42. The standard InChI is InChI=1S/C10H15N5O2/c1-3-17-7(2)6-11-8-4-5-9-12-13-10(16)15(9)14-8/h4-5,7H,3,6H2,1-2H3,(H,11,14)(H,13,16). The average molecular weight is 237 g/mol. The van der Waals surface area contributed by atoms with E-state index in [1.807, 2.05) is 13.8 Å². The largest absolute Gasteiger partial charge is 0.377 e. The van der Waals surface area contributed by atoms with E-state index in [9.17, 15) is 4.79 Å². The summed E-state index contributed by atoms with van der Waals surface area (Å²) in [6.45, 7) is 5.24. The SMILES string of the molecule is CCOC(C)CNc1ccc2n[nH]c(=O)n2n1. The van der Waals surface area contributed by atoms with E-state index in [4.69, 9.17) is 4.74 Å². The average Bonchev–Trinajstić information content (AvgIpc) is 2.69. The number of rotatable bonds is 5. The Morgan fingerprint density at radius 1 is 1.59 bits per heavy atom. The van der Waals surface area contributed by atoms with E-state index < -0.39 is 0 Å². The highest BCUT2D eigenvalue weighted by Crippen LogP contribution is 2.03. The van der Waals surface area contributed by atoms with Crippen molar-refractivity contribution < 1.29 is 4.74 Å². The molecule has 0 aliphatic rings. The lowest BCUT2D eigenvalue weighted by Crippen LogP contribution is -2.21. The predicted molar refractivity (Wildman–Crippen MR) is 63.2 cm³/mol. The molecule has 2 N–H and O–H groups in total. The number of hydrogen-bond acceptors (Lipinski definition) is 5. The molecule has 92 valence electrons. The van der Waals surface area contributed by atoms with E-state index >= 15 is 0 Å². The summed E-state index contributed by atoms with van der Waals surface area (Å²) in [5.41, 5.74) is 0.153. The van der Waals surface area contributed by atoms with Crippen LogP contribution in [0.25, 0.3) is 5.65 Å². The minimum Gasteiger partial charge on any atom is -0.377 e. The highest BCUT2D eigenvalue weighted by atomic mass is 16.5. The highest BCUT2D eigenvalue weighted by Gasteiger charge is 2.04. The minimum atomic E-state index is -0.346. The van der Waals surface area contributed by atoms with Gasteiger partial charge in [0.1, 0.15) is 5.82 Å². The second kappa shape index (κ2) is 4.96. The Morgan fingerprint density at radius 2 is 2.41 bits per heavy atom. The van der Waals surface area contributed by atoms with Crippen molar-refractivity contribution >= 4 is 11.5 Å². The van der Waals surface area contributed by atoms with Gasteiger partial charge in [-0.3, -0.25) is 0 Å². The molecule has 2 rings (SSSR count). The number of hydrogen-bond donors (Lipinski definition) is 2. The molecule has 7 heteroatoms. The topological polar surface area (TPSA) is 84.3 Å². The first-order chi connectivity index (χ1) is 8.20. The maximum Gasteiger partial charge on any atom is 0.364 e. The monoisotopic (exact) mass is 237 g/mol. The summed E-state index contributed by atoms with van der Waals surface area (Å²) < 4.78 is 6.60. The first-order valence-electron chi connectivity index (χ1n) is 5.50. The van der Waals surface area contributed by atoms with Crippen molar-refractivity contribution in [3.8, 4) is 0 Å². The van der Waals surface area contributed by atoms with Crippen LogP contribution < -0.4 is 11.0 Å².